The number of thiophene rings is 1. The van der Waals surface area contributed by atoms with E-state index in [0.717, 1.165) is 36.6 Å². The fraction of sp³-hybridized carbons (Fsp3) is 0.350. The maximum absolute atomic E-state index is 5.84. The van der Waals surface area contributed by atoms with Crippen LogP contribution in [-0.2, 0) is 12.8 Å². The van der Waals surface area contributed by atoms with E-state index in [9.17, 15) is 0 Å². The minimum absolute atomic E-state index is 0.649. The molecule has 5 heteroatoms. The van der Waals surface area contributed by atoms with E-state index in [2.05, 4.69) is 33.6 Å². The van der Waals surface area contributed by atoms with Gasteiger partial charge in [0.25, 0.3) is 0 Å². The summed E-state index contributed by atoms with van der Waals surface area (Å²) in [6, 6.07) is 12.5. The summed E-state index contributed by atoms with van der Waals surface area (Å²) in [5.41, 5.74) is 3.54. The van der Waals surface area contributed by atoms with E-state index in [1.54, 1.807) is 11.3 Å². The molecule has 0 saturated heterocycles. The van der Waals surface area contributed by atoms with Crippen molar-refractivity contribution in [2.75, 3.05) is 18.5 Å². The van der Waals surface area contributed by atoms with Gasteiger partial charge in [0.05, 0.1) is 12.3 Å². The van der Waals surface area contributed by atoms with E-state index in [1.807, 2.05) is 25.1 Å². The van der Waals surface area contributed by atoms with Crippen LogP contribution >= 0.6 is 11.3 Å². The highest BCUT2D eigenvalue weighted by Gasteiger charge is 2.22. The maximum atomic E-state index is 5.84. The van der Waals surface area contributed by atoms with E-state index in [4.69, 9.17) is 9.84 Å². The zero-order valence-corrected chi connectivity index (χ0v) is 15.3. The smallest absolute Gasteiger partial charge is 0.145 e. The molecule has 2 aromatic heterocycles. The second kappa shape index (κ2) is 7.31. The molecule has 4 rings (SSSR count). The first kappa shape index (κ1) is 16.2. The van der Waals surface area contributed by atoms with Crippen LogP contribution in [0.15, 0.2) is 41.8 Å². The van der Waals surface area contributed by atoms with Crippen LogP contribution < -0.4 is 10.1 Å². The van der Waals surface area contributed by atoms with Crippen molar-refractivity contribution in [3.63, 3.8) is 0 Å². The standard InChI is InChI=1S/C20H23N3OS/c1-2-24-19-11-4-3-10-18(19)23-20-16(9-5-6-12-21-20)17(22-23)14-15-8-7-13-25-15/h3-4,7-8,10-11,13,21H,2,5-6,9,12,14H2,1H3. The first-order valence-electron chi connectivity index (χ1n) is 8.96. The normalized spacial score (nSPS) is 13.8. The Labute approximate surface area is 152 Å². The van der Waals surface area contributed by atoms with E-state index in [-0.39, 0.29) is 0 Å². The molecule has 0 bridgehead atoms. The van der Waals surface area contributed by atoms with E-state index in [0.29, 0.717) is 6.61 Å². The summed E-state index contributed by atoms with van der Waals surface area (Å²) in [4.78, 5) is 1.36. The monoisotopic (exact) mass is 353 g/mol. The lowest BCUT2D eigenvalue weighted by Crippen LogP contribution is -2.08. The summed E-state index contributed by atoms with van der Waals surface area (Å²) in [5.74, 6) is 2.01. The average molecular weight is 353 g/mol. The lowest BCUT2D eigenvalue weighted by atomic mass is 10.1. The molecule has 0 amide bonds. The molecule has 25 heavy (non-hydrogen) atoms. The first-order valence-corrected chi connectivity index (χ1v) is 9.84. The molecular weight excluding hydrogens is 330 g/mol. The van der Waals surface area contributed by atoms with Crippen molar-refractivity contribution < 1.29 is 4.74 Å². The maximum Gasteiger partial charge on any atom is 0.145 e. The Kier molecular flexibility index (Phi) is 4.74. The number of nitrogens with zero attached hydrogens (tertiary/aromatic N) is 2. The van der Waals surface area contributed by atoms with Gasteiger partial charge in [-0.1, -0.05) is 18.2 Å². The second-order valence-electron chi connectivity index (χ2n) is 6.23. The molecule has 3 heterocycles. The van der Waals surface area contributed by atoms with E-state index >= 15 is 0 Å². The van der Waals surface area contributed by atoms with Crippen molar-refractivity contribution in [1.82, 2.24) is 9.78 Å². The Balaban J connectivity index is 1.81. The molecule has 0 radical (unpaired) electrons. The average Bonchev–Trinajstić information content (AvgIpc) is 3.18. The zero-order valence-electron chi connectivity index (χ0n) is 14.5. The van der Waals surface area contributed by atoms with Gasteiger partial charge in [-0.25, -0.2) is 4.68 Å². The Morgan fingerprint density at radius 3 is 2.96 bits per heavy atom. The molecule has 0 fully saturated rings. The largest absolute Gasteiger partial charge is 0.492 e. The molecule has 4 nitrogen and oxygen atoms in total. The molecule has 1 aliphatic rings. The minimum atomic E-state index is 0.649. The number of hydrogen-bond donors (Lipinski definition) is 1. The second-order valence-corrected chi connectivity index (χ2v) is 7.26. The number of nitrogens with one attached hydrogen (secondary N) is 1. The van der Waals surface area contributed by atoms with Gasteiger partial charge in [-0.05, 0) is 49.8 Å². The van der Waals surface area contributed by atoms with Crippen LogP contribution in [0.4, 0.5) is 5.82 Å². The fourth-order valence-corrected chi connectivity index (χ4v) is 4.09. The van der Waals surface area contributed by atoms with Crippen molar-refractivity contribution in [3.8, 4) is 11.4 Å². The molecule has 3 aromatic rings. The van der Waals surface area contributed by atoms with Crippen LogP contribution in [0.3, 0.4) is 0 Å². The van der Waals surface area contributed by atoms with E-state index in [1.165, 1.54) is 29.0 Å². The van der Waals surface area contributed by atoms with Crippen molar-refractivity contribution in [1.29, 1.82) is 0 Å². The molecule has 0 saturated carbocycles. The number of rotatable bonds is 5. The van der Waals surface area contributed by atoms with Crippen molar-refractivity contribution >= 4 is 17.2 Å². The Bertz CT molecular complexity index is 839. The SMILES string of the molecule is CCOc1ccccc1-n1nc(Cc2cccs2)c2c1NCCCC2. The summed E-state index contributed by atoms with van der Waals surface area (Å²) in [6.45, 7) is 3.66. The highest BCUT2D eigenvalue weighted by molar-refractivity contribution is 7.09. The van der Waals surface area contributed by atoms with Crippen LogP contribution in [0.1, 0.15) is 35.9 Å². The molecule has 0 unspecified atom stereocenters. The van der Waals surface area contributed by atoms with Gasteiger partial charge in [-0.15, -0.1) is 11.3 Å². The van der Waals surface area contributed by atoms with Crippen molar-refractivity contribution in [3.05, 3.63) is 57.9 Å². The number of para-hydroxylation sites is 2. The van der Waals surface area contributed by atoms with Gasteiger partial charge in [0.1, 0.15) is 17.3 Å². The van der Waals surface area contributed by atoms with Gasteiger partial charge in [-0.3, -0.25) is 0 Å². The lowest BCUT2D eigenvalue weighted by Gasteiger charge is -2.13. The summed E-state index contributed by atoms with van der Waals surface area (Å²) in [7, 11) is 0. The third-order valence-electron chi connectivity index (χ3n) is 4.53. The number of ether oxygens (including phenoxy) is 1. The molecule has 0 aliphatic carbocycles. The summed E-state index contributed by atoms with van der Waals surface area (Å²) < 4.78 is 7.89. The Morgan fingerprint density at radius 2 is 2.12 bits per heavy atom. The number of hydrogen-bond acceptors (Lipinski definition) is 4. The highest BCUT2D eigenvalue weighted by Crippen LogP contribution is 2.33. The molecule has 1 aromatic carbocycles. The first-order chi connectivity index (χ1) is 12.4. The predicted molar refractivity (Wildman–Crippen MR) is 103 cm³/mol. The molecule has 1 N–H and O–H groups in total. The quantitative estimate of drug-likeness (QED) is 0.724. The number of fused-ring (bicyclic) bond motifs is 1. The Hall–Kier alpha value is -2.27. The number of anilines is 1. The van der Waals surface area contributed by atoms with Crippen LogP contribution in [-0.4, -0.2) is 22.9 Å². The zero-order chi connectivity index (χ0) is 17.1. The third-order valence-corrected chi connectivity index (χ3v) is 5.40. The highest BCUT2D eigenvalue weighted by atomic mass is 32.1. The Morgan fingerprint density at radius 1 is 1.20 bits per heavy atom. The lowest BCUT2D eigenvalue weighted by molar-refractivity contribution is 0.338. The molecule has 0 atom stereocenters. The molecule has 1 aliphatic heterocycles. The third kappa shape index (κ3) is 3.29. The van der Waals surface area contributed by atoms with Gasteiger partial charge < -0.3 is 10.1 Å². The topological polar surface area (TPSA) is 39.1 Å². The van der Waals surface area contributed by atoms with Crippen LogP contribution in [0, 0.1) is 0 Å². The molecule has 130 valence electrons. The van der Waals surface area contributed by atoms with Crippen molar-refractivity contribution in [2.45, 2.75) is 32.6 Å². The number of benzene rings is 1. The summed E-state index contributed by atoms with van der Waals surface area (Å²) in [5, 5.41) is 10.7. The summed E-state index contributed by atoms with van der Waals surface area (Å²) in [6.07, 6.45) is 4.38. The fourth-order valence-electron chi connectivity index (χ4n) is 3.38. The van der Waals surface area contributed by atoms with Crippen LogP contribution in [0.5, 0.6) is 5.75 Å². The number of aromatic nitrogens is 2. The van der Waals surface area contributed by atoms with Gasteiger partial charge in [0.15, 0.2) is 0 Å². The van der Waals surface area contributed by atoms with Crippen LogP contribution in [0.2, 0.25) is 0 Å². The van der Waals surface area contributed by atoms with Gasteiger partial charge in [-0.2, -0.15) is 5.10 Å². The minimum Gasteiger partial charge on any atom is -0.492 e. The van der Waals surface area contributed by atoms with E-state index < -0.39 is 0 Å². The van der Waals surface area contributed by atoms with Gasteiger partial charge >= 0.3 is 0 Å². The van der Waals surface area contributed by atoms with Crippen LogP contribution in [0.25, 0.3) is 5.69 Å². The predicted octanol–water partition coefficient (Wildman–Crippen LogP) is 4.67. The van der Waals surface area contributed by atoms with Crippen molar-refractivity contribution in [2.24, 2.45) is 0 Å². The summed E-state index contributed by atoms with van der Waals surface area (Å²) >= 11 is 1.80. The van der Waals surface area contributed by atoms with Gasteiger partial charge in [0.2, 0.25) is 0 Å². The van der Waals surface area contributed by atoms with Gasteiger partial charge in [0, 0.05) is 23.4 Å². The molecular formula is C20H23N3OS. The molecule has 0 spiro atoms.